The molecule has 4 rings (SSSR count). The Balaban J connectivity index is 0.00000342. The molecule has 0 radical (unpaired) electrons. The van der Waals surface area contributed by atoms with Gasteiger partial charge in [0.25, 0.3) is 0 Å². The Kier molecular flexibility index (Phi) is 10.8. The highest BCUT2D eigenvalue weighted by atomic mass is 79.9. The number of rotatable bonds is 11. The van der Waals surface area contributed by atoms with Crippen LogP contribution in [-0.4, -0.2) is 13.3 Å². The molecule has 0 aliphatic carbocycles. The number of hydrogen-bond donors (Lipinski definition) is 0. The fourth-order valence-electron chi connectivity index (χ4n) is 4.64. The quantitative estimate of drug-likeness (QED) is 0.158. The van der Waals surface area contributed by atoms with Crippen LogP contribution in [0.2, 0.25) is 0 Å². The van der Waals surface area contributed by atoms with Crippen LogP contribution in [-0.2, 0) is 6.42 Å². The first-order chi connectivity index (χ1) is 16.8. The summed E-state index contributed by atoms with van der Waals surface area (Å²) >= 11 is 0. The van der Waals surface area contributed by atoms with Crippen LogP contribution in [0.4, 0.5) is 0 Å². The van der Waals surface area contributed by atoms with E-state index in [0.717, 1.165) is 25.0 Å². The van der Waals surface area contributed by atoms with Crippen LogP contribution in [0, 0.1) is 0 Å². The normalized spacial score (nSPS) is 11.2. The molecule has 0 saturated heterocycles. The minimum atomic E-state index is -1.71. The molecule has 0 aliphatic rings. The lowest BCUT2D eigenvalue weighted by molar-refractivity contribution is -0.00000701. The van der Waals surface area contributed by atoms with E-state index >= 15 is 0 Å². The summed E-state index contributed by atoms with van der Waals surface area (Å²) in [5, 5.41) is 4.40. The molecular formula is C32H34BrOP. The average Bonchev–Trinajstić information content (AvgIpc) is 2.92. The molecule has 0 unspecified atom stereocenters. The number of benzene rings is 4. The SMILES string of the molecule is COc1cccc(CC/C=C/CCC[P+](c2ccccc2)(c2ccccc2)c2ccccc2)c1.[Br-]. The van der Waals surface area contributed by atoms with Gasteiger partial charge in [-0.25, -0.2) is 0 Å². The van der Waals surface area contributed by atoms with E-state index in [9.17, 15) is 0 Å². The number of halogens is 1. The van der Waals surface area contributed by atoms with E-state index in [4.69, 9.17) is 4.74 Å². The lowest BCUT2D eigenvalue weighted by atomic mass is 10.1. The smallest absolute Gasteiger partial charge is 0.119 e. The minimum absolute atomic E-state index is 0. The molecule has 0 saturated carbocycles. The zero-order valence-corrected chi connectivity index (χ0v) is 22.9. The number of methoxy groups -OCH3 is 1. The van der Waals surface area contributed by atoms with Crippen LogP contribution in [0.1, 0.15) is 24.8 Å². The van der Waals surface area contributed by atoms with Crippen LogP contribution in [0.3, 0.4) is 0 Å². The van der Waals surface area contributed by atoms with E-state index < -0.39 is 7.26 Å². The molecule has 180 valence electrons. The molecule has 0 aromatic heterocycles. The van der Waals surface area contributed by atoms with Gasteiger partial charge in [-0.3, -0.25) is 0 Å². The third-order valence-electron chi connectivity index (χ3n) is 6.36. The number of unbranched alkanes of at least 4 members (excludes halogenated alkanes) is 1. The van der Waals surface area contributed by atoms with E-state index in [2.05, 4.69) is 121 Å². The van der Waals surface area contributed by atoms with Gasteiger partial charge in [-0.05, 0) is 79.8 Å². The Labute approximate surface area is 222 Å². The van der Waals surface area contributed by atoms with Gasteiger partial charge in [-0.1, -0.05) is 78.9 Å². The molecule has 0 atom stereocenters. The van der Waals surface area contributed by atoms with E-state index in [-0.39, 0.29) is 17.0 Å². The Morgan fingerprint density at radius 3 is 1.66 bits per heavy atom. The van der Waals surface area contributed by atoms with Crippen LogP contribution in [0.25, 0.3) is 0 Å². The van der Waals surface area contributed by atoms with Gasteiger partial charge in [0.1, 0.15) is 28.9 Å². The maximum atomic E-state index is 5.34. The Morgan fingerprint density at radius 2 is 1.14 bits per heavy atom. The van der Waals surface area contributed by atoms with Crippen molar-refractivity contribution >= 4 is 23.2 Å². The van der Waals surface area contributed by atoms with Gasteiger partial charge in [0.2, 0.25) is 0 Å². The van der Waals surface area contributed by atoms with Crippen molar-refractivity contribution in [3.8, 4) is 5.75 Å². The first-order valence-electron chi connectivity index (χ1n) is 12.2. The first kappa shape index (κ1) is 26.9. The molecule has 1 nitrogen and oxygen atoms in total. The molecular weight excluding hydrogens is 511 g/mol. The van der Waals surface area contributed by atoms with Crippen molar-refractivity contribution in [1.82, 2.24) is 0 Å². The summed E-state index contributed by atoms with van der Waals surface area (Å²) in [4.78, 5) is 0. The summed E-state index contributed by atoms with van der Waals surface area (Å²) in [7, 11) is 0.0107. The van der Waals surface area contributed by atoms with Crippen LogP contribution in [0.5, 0.6) is 5.75 Å². The summed E-state index contributed by atoms with van der Waals surface area (Å²) in [6.07, 6.45) is 10.3. The standard InChI is InChI=1S/C32H34OP.BrH/c1-33-29-19-16-18-28(27-29)17-8-3-2-4-15-26-34(30-20-9-5-10-21-30,31-22-11-6-12-23-31)32-24-13-7-14-25-32;/h2-3,5-7,9-14,16,18-25,27H,4,8,15,17,26H2,1H3;1H/q+1;/p-1/b3-2+;. The maximum Gasteiger partial charge on any atom is 0.119 e. The van der Waals surface area contributed by atoms with Crippen molar-refractivity contribution in [2.24, 2.45) is 0 Å². The lowest BCUT2D eigenvalue weighted by Gasteiger charge is -2.27. The molecule has 0 spiro atoms. The van der Waals surface area contributed by atoms with Crippen molar-refractivity contribution < 1.29 is 21.7 Å². The van der Waals surface area contributed by atoms with Crippen molar-refractivity contribution in [2.45, 2.75) is 25.7 Å². The predicted octanol–water partition coefficient (Wildman–Crippen LogP) is 3.96. The third kappa shape index (κ3) is 6.94. The molecule has 35 heavy (non-hydrogen) atoms. The topological polar surface area (TPSA) is 9.23 Å². The number of allylic oxidation sites excluding steroid dienone is 2. The number of hydrogen-bond acceptors (Lipinski definition) is 1. The van der Waals surface area contributed by atoms with Gasteiger partial charge >= 0.3 is 0 Å². The summed E-state index contributed by atoms with van der Waals surface area (Å²) in [6.45, 7) is 0. The molecule has 0 heterocycles. The largest absolute Gasteiger partial charge is 1.00 e. The fourth-order valence-corrected chi connectivity index (χ4v) is 9.01. The fraction of sp³-hybridized carbons (Fsp3) is 0.188. The van der Waals surface area contributed by atoms with Crippen molar-refractivity contribution in [3.05, 3.63) is 133 Å². The zero-order valence-electron chi connectivity index (χ0n) is 20.4. The average molecular weight is 546 g/mol. The second-order valence-corrected chi connectivity index (χ2v) is 12.2. The monoisotopic (exact) mass is 544 g/mol. The predicted molar refractivity (Wildman–Crippen MR) is 150 cm³/mol. The first-order valence-corrected chi connectivity index (χ1v) is 14.1. The van der Waals surface area contributed by atoms with Gasteiger partial charge in [0.15, 0.2) is 0 Å². The Morgan fingerprint density at radius 1 is 0.629 bits per heavy atom. The second-order valence-electron chi connectivity index (χ2n) is 8.54. The highest BCUT2D eigenvalue weighted by molar-refractivity contribution is 7.95. The van der Waals surface area contributed by atoms with Gasteiger partial charge in [0.05, 0.1) is 13.3 Å². The molecule has 0 amide bonds. The summed E-state index contributed by atoms with van der Waals surface area (Å²) in [6, 6.07) is 41.9. The highest BCUT2D eigenvalue weighted by Crippen LogP contribution is 2.55. The molecule has 0 fully saturated rings. The second kappa shape index (κ2) is 14.0. The van der Waals surface area contributed by atoms with Crippen molar-refractivity contribution in [3.63, 3.8) is 0 Å². The summed E-state index contributed by atoms with van der Waals surface area (Å²) in [5.74, 6) is 0.935. The van der Waals surface area contributed by atoms with Crippen LogP contribution in [0.15, 0.2) is 127 Å². The van der Waals surface area contributed by atoms with E-state index in [1.807, 2.05) is 6.07 Å². The molecule has 4 aromatic rings. The zero-order chi connectivity index (χ0) is 23.5. The van der Waals surface area contributed by atoms with E-state index in [1.165, 1.54) is 34.1 Å². The maximum absolute atomic E-state index is 5.34. The van der Waals surface area contributed by atoms with Gasteiger partial charge in [0, 0.05) is 0 Å². The van der Waals surface area contributed by atoms with Crippen molar-refractivity contribution in [1.29, 1.82) is 0 Å². The number of aryl methyl sites for hydroxylation is 1. The van der Waals surface area contributed by atoms with E-state index in [0.29, 0.717) is 0 Å². The Bertz CT molecular complexity index is 1060. The third-order valence-corrected chi connectivity index (χ3v) is 10.9. The minimum Gasteiger partial charge on any atom is -1.00 e. The van der Waals surface area contributed by atoms with Crippen LogP contribution >= 0.6 is 7.26 Å². The van der Waals surface area contributed by atoms with Crippen LogP contribution < -0.4 is 37.6 Å². The molecule has 4 aromatic carbocycles. The van der Waals surface area contributed by atoms with Gasteiger partial charge < -0.3 is 21.7 Å². The molecule has 3 heteroatoms. The Hall–Kier alpha value is -2.67. The summed E-state index contributed by atoms with van der Waals surface area (Å²) < 4.78 is 5.34. The molecule has 0 aliphatic heterocycles. The van der Waals surface area contributed by atoms with E-state index in [1.54, 1.807) is 7.11 Å². The highest BCUT2D eigenvalue weighted by Gasteiger charge is 2.44. The molecule has 0 bridgehead atoms. The van der Waals surface area contributed by atoms with Gasteiger partial charge in [-0.15, -0.1) is 0 Å². The van der Waals surface area contributed by atoms with Gasteiger partial charge in [-0.2, -0.15) is 0 Å². The molecule has 0 N–H and O–H groups in total. The van der Waals surface area contributed by atoms with Crippen molar-refractivity contribution in [2.75, 3.05) is 13.3 Å². The summed E-state index contributed by atoms with van der Waals surface area (Å²) in [5.41, 5.74) is 1.33. The lowest BCUT2D eigenvalue weighted by Crippen LogP contribution is -3.00. The number of ether oxygens (including phenoxy) is 1.